The monoisotopic (exact) mass is 1320 g/mol. The molecule has 3 amide bonds. The molecule has 9 aromatic heterocycles. The molecule has 0 saturated heterocycles. The van der Waals surface area contributed by atoms with Crippen molar-refractivity contribution in [2.75, 3.05) is 33.2 Å². The van der Waals surface area contributed by atoms with Crippen molar-refractivity contribution in [1.29, 1.82) is 0 Å². The van der Waals surface area contributed by atoms with E-state index in [0.717, 1.165) is 61.6 Å². The van der Waals surface area contributed by atoms with Gasteiger partial charge in [0.2, 0.25) is 29.5 Å². The van der Waals surface area contributed by atoms with E-state index in [1.165, 1.54) is 25.0 Å². The zero-order valence-corrected chi connectivity index (χ0v) is 57.1. The van der Waals surface area contributed by atoms with Crippen molar-refractivity contribution in [1.82, 2.24) is 69.6 Å². The molecule has 9 N–H and O–H groups in total. The lowest BCUT2D eigenvalue weighted by atomic mass is 9.92. The summed E-state index contributed by atoms with van der Waals surface area (Å²) in [7, 11) is 0. The zero-order valence-electron chi connectivity index (χ0n) is 57.1. The summed E-state index contributed by atoms with van der Waals surface area (Å²) in [6.45, 7) is 30.4. The number of amides is 3. The number of nitrogens with zero attached hydrogens (tertiary/aromatic N) is 14. The number of fused-ring (bicyclic) bond motifs is 3. The minimum Gasteiger partial charge on any atom is -0.383 e. The van der Waals surface area contributed by atoms with Crippen LogP contribution in [0.25, 0.3) is 61.2 Å². The summed E-state index contributed by atoms with van der Waals surface area (Å²) in [5, 5.41) is 35.1. The van der Waals surface area contributed by atoms with Gasteiger partial charge in [0.1, 0.15) is 59.1 Å². The van der Waals surface area contributed by atoms with Crippen LogP contribution in [0.1, 0.15) is 161 Å². The number of hydrogen-bond donors (Lipinski definition) is 6. The lowest BCUT2D eigenvalue weighted by Crippen LogP contribution is -2.15. The molecule has 504 valence electrons. The second kappa shape index (κ2) is 27.6. The van der Waals surface area contributed by atoms with E-state index in [4.69, 9.17) is 35.9 Å². The summed E-state index contributed by atoms with van der Waals surface area (Å²) < 4.78 is 36.1. The first-order valence-corrected chi connectivity index (χ1v) is 31.7. The van der Waals surface area contributed by atoms with Crippen molar-refractivity contribution in [2.45, 2.75) is 157 Å². The van der Waals surface area contributed by atoms with Crippen LogP contribution < -0.4 is 33.2 Å². The van der Waals surface area contributed by atoms with Crippen LogP contribution in [-0.4, -0.2) is 87.3 Å². The first-order valence-electron chi connectivity index (χ1n) is 31.7. The smallest absolute Gasteiger partial charge is 0.231 e. The van der Waals surface area contributed by atoms with E-state index in [9.17, 15) is 18.8 Å². The third kappa shape index (κ3) is 15.6. The highest BCUT2D eigenvalue weighted by Crippen LogP contribution is 2.37. The van der Waals surface area contributed by atoms with Crippen LogP contribution in [0.5, 0.6) is 0 Å². The quantitative estimate of drug-likeness (QED) is 0.0555. The topological polar surface area (TPSA) is 361 Å². The predicted molar refractivity (Wildman–Crippen MR) is 371 cm³/mol. The van der Waals surface area contributed by atoms with E-state index in [1.54, 1.807) is 35.0 Å². The summed E-state index contributed by atoms with van der Waals surface area (Å²) >= 11 is 0. The summed E-state index contributed by atoms with van der Waals surface area (Å²) in [5.74, 6) is 1.83. The van der Waals surface area contributed by atoms with Crippen LogP contribution in [-0.2, 0) is 49.9 Å². The van der Waals surface area contributed by atoms with Gasteiger partial charge >= 0.3 is 0 Å². The Hall–Kier alpha value is -11.3. The van der Waals surface area contributed by atoms with Crippen LogP contribution in [0.15, 0.2) is 124 Å². The minimum absolute atomic E-state index is 0.0262. The highest BCUT2D eigenvalue weighted by molar-refractivity contribution is 6.00. The van der Waals surface area contributed by atoms with Gasteiger partial charge in [0.25, 0.3) is 0 Å². The molecule has 0 unspecified atom stereocenters. The molecule has 0 aliphatic carbocycles. The van der Waals surface area contributed by atoms with Crippen molar-refractivity contribution in [2.24, 2.45) is 0 Å². The first kappa shape index (κ1) is 68.6. The fourth-order valence-corrected chi connectivity index (χ4v) is 10.4. The highest BCUT2D eigenvalue weighted by atomic mass is 19.1. The second-order valence-electron chi connectivity index (χ2n) is 27.6. The van der Waals surface area contributed by atoms with Crippen molar-refractivity contribution < 1.29 is 32.3 Å². The van der Waals surface area contributed by atoms with Gasteiger partial charge in [-0.2, -0.15) is 15.3 Å². The molecule has 0 fully saturated rings. The number of nitrogen functional groups attached to an aromatic ring is 3. The van der Waals surface area contributed by atoms with E-state index >= 15 is 0 Å². The second-order valence-corrected chi connectivity index (χ2v) is 27.6. The number of carbonyl (C=O) groups excluding carboxylic acids is 3. The Bertz CT molecular complexity index is 4620. The average Bonchev–Trinajstić information content (AvgIpc) is 1.64. The van der Waals surface area contributed by atoms with Crippen LogP contribution >= 0.6 is 0 Å². The molecular weight excluding hydrogens is 1240 g/mol. The van der Waals surface area contributed by atoms with Gasteiger partial charge in [-0.15, -0.1) is 0 Å². The van der Waals surface area contributed by atoms with Gasteiger partial charge in [-0.1, -0.05) is 152 Å². The molecule has 9 heterocycles. The molecule has 3 aromatic carbocycles. The van der Waals surface area contributed by atoms with E-state index in [2.05, 4.69) is 86.5 Å². The molecule has 0 aliphatic rings. The number of hydrogen-bond acceptors (Lipinski definition) is 20. The Labute approximate surface area is 559 Å². The summed E-state index contributed by atoms with van der Waals surface area (Å²) in [5.41, 5.74) is 29.1. The molecule has 26 nitrogen and oxygen atoms in total. The van der Waals surface area contributed by atoms with Crippen molar-refractivity contribution in [3.63, 3.8) is 0 Å². The van der Waals surface area contributed by atoms with E-state index in [0.29, 0.717) is 57.0 Å². The molecule has 0 atom stereocenters. The third-order valence-electron chi connectivity index (χ3n) is 15.7. The van der Waals surface area contributed by atoms with E-state index < -0.39 is 11.7 Å². The SMILES string of the molecule is CC(C)c1cc(-c2ccc(CC(=O)Nc3cc(C(C)(C)C)on3)cc2)c2c(N)ncnn12.CC(C)n1nc(-c2ccc(CC(=O)Nc3cc(C(C)(C)C)no3)c(F)c2)c2c(N)ncnc21.CC(C)n1nc(-c2ccc(CC(=O)Nc3cc(C(C)(C)C)no3)cc2)c2c(N)ncnc21. The van der Waals surface area contributed by atoms with E-state index in [1.807, 2.05) is 148 Å². The Balaban J connectivity index is 0.000000158. The zero-order chi connectivity index (χ0) is 70.0. The van der Waals surface area contributed by atoms with Crippen molar-refractivity contribution in [3.05, 3.63) is 155 Å². The summed E-state index contributed by atoms with van der Waals surface area (Å²) in [6.07, 6.45) is 4.57. The van der Waals surface area contributed by atoms with Gasteiger partial charge in [-0.05, 0) is 68.0 Å². The predicted octanol–water partition coefficient (Wildman–Crippen LogP) is 13.0. The maximum Gasteiger partial charge on any atom is 0.231 e. The normalized spacial score (nSPS) is 11.9. The number of halogens is 1. The average molecular weight is 1320 g/mol. The van der Waals surface area contributed by atoms with E-state index in [-0.39, 0.29) is 82.6 Å². The molecule has 0 radical (unpaired) electrons. The standard InChI is InChI=1S/C24H28N6O2.C23H26FN7O2.C23H27N7O2/c1-14(2)18-11-17(22-23(25)26-13-27-30(18)22)16-8-6-15(7-9-16)10-21(31)28-20-12-19(32-29-20)24(3,4)5;1-12(2)31-22-19(21(25)26-11-27-22)20(29-31)14-7-6-13(15(24)8-14)9-17(32)28-18-10-16(30-33-18)23(3,4)5;1-13(2)30-22-19(21(24)25-12-26-22)20(28-30)15-8-6-14(7-9-15)10-17(31)27-18-11-16(29-32-18)23(3,4)5/h6-9,11-14H,10H2,1-5H3,(H2,25,26,27)(H,28,29,31);6-8,10-12H,9H2,1-5H3,(H,28,32)(H2,25,26,27);6-9,11-13H,10H2,1-5H3,(H,27,31)(H2,24,25,26). The van der Waals surface area contributed by atoms with Gasteiger partial charge in [0.05, 0.1) is 41.4 Å². The van der Waals surface area contributed by atoms with Crippen LogP contribution in [0.2, 0.25) is 0 Å². The van der Waals surface area contributed by atoms with Crippen molar-refractivity contribution in [3.8, 4) is 33.6 Å². The molecule has 12 rings (SSSR count). The summed E-state index contributed by atoms with van der Waals surface area (Å²) in [4.78, 5) is 58.3. The molecule has 27 heteroatoms. The lowest BCUT2D eigenvalue weighted by Gasteiger charge is -2.12. The van der Waals surface area contributed by atoms with Gasteiger partial charge in [0.15, 0.2) is 22.9 Å². The van der Waals surface area contributed by atoms with Gasteiger partial charge in [-0.25, -0.2) is 43.2 Å². The maximum atomic E-state index is 14.9. The molecule has 0 bridgehead atoms. The largest absolute Gasteiger partial charge is 0.383 e. The number of carbonyl (C=O) groups is 3. The Kier molecular flexibility index (Phi) is 19.5. The number of aromatic nitrogens is 14. The lowest BCUT2D eigenvalue weighted by molar-refractivity contribution is -0.116. The van der Waals surface area contributed by atoms with Gasteiger partial charge < -0.3 is 36.1 Å². The summed E-state index contributed by atoms with van der Waals surface area (Å²) in [6, 6.07) is 27.5. The number of nitrogens with one attached hydrogen (secondary N) is 3. The number of anilines is 6. The Morgan fingerprint density at radius 3 is 1.45 bits per heavy atom. The highest BCUT2D eigenvalue weighted by Gasteiger charge is 2.26. The fraction of sp³-hybridized carbons (Fsp3) is 0.343. The molecule has 12 aromatic rings. The number of benzene rings is 3. The molecule has 0 spiro atoms. The molecule has 97 heavy (non-hydrogen) atoms. The van der Waals surface area contributed by atoms with Crippen LogP contribution in [0, 0.1) is 5.82 Å². The molecular formula is C70H81FN20O6. The van der Waals surface area contributed by atoms with Crippen molar-refractivity contribution >= 4 is 80.3 Å². The molecule has 0 aliphatic heterocycles. The third-order valence-corrected chi connectivity index (χ3v) is 15.7. The molecule has 0 saturated carbocycles. The number of rotatable bonds is 15. The minimum atomic E-state index is -0.529. The van der Waals surface area contributed by atoms with Gasteiger partial charge in [-0.3, -0.25) is 25.0 Å². The number of nitrogens with two attached hydrogens (primary N) is 3. The van der Waals surface area contributed by atoms with Crippen LogP contribution in [0.3, 0.4) is 0 Å². The fourth-order valence-electron chi connectivity index (χ4n) is 10.4. The first-order chi connectivity index (χ1) is 45.8. The Morgan fingerprint density at radius 1 is 0.515 bits per heavy atom. The van der Waals surface area contributed by atoms with Gasteiger partial charge in [0, 0.05) is 68.9 Å². The maximum absolute atomic E-state index is 14.9. The van der Waals surface area contributed by atoms with Crippen LogP contribution in [0.4, 0.5) is 39.4 Å². The Morgan fingerprint density at radius 2 is 0.990 bits per heavy atom.